The molecule has 4 saturated carbocycles. The van der Waals surface area contributed by atoms with Crippen LogP contribution < -0.4 is 0 Å². The van der Waals surface area contributed by atoms with Crippen molar-refractivity contribution in [3.8, 4) is 0 Å². The van der Waals surface area contributed by atoms with Crippen molar-refractivity contribution in [1.29, 1.82) is 0 Å². The number of hydrogen-bond acceptors (Lipinski definition) is 3. The Morgan fingerprint density at radius 2 is 1.71 bits per heavy atom. The first kappa shape index (κ1) is 15.4. The first-order valence-electron chi connectivity index (χ1n) is 10.1. The molecule has 0 radical (unpaired) electrons. The predicted octanol–water partition coefficient (Wildman–Crippen LogP) is 4.28. The Balaban J connectivity index is 1.45. The maximum atomic E-state index is 12.0. The van der Waals surface area contributed by atoms with Crippen molar-refractivity contribution in [1.82, 2.24) is 0 Å². The lowest BCUT2D eigenvalue weighted by atomic mass is 9.44. The fraction of sp³-hybridized carbons (Fsp3) is 0.905. The Bertz CT molecular complexity index is 600. The van der Waals surface area contributed by atoms with Crippen LogP contribution in [0.5, 0.6) is 0 Å². The molecule has 7 atom stereocenters. The molecule has 1 aliphatic heterocycles. The molecule has 0 bridgehead atoms. The van der Waals surface area contributed by atoms with Gasteiger partial charge >= 0.3 is 5.97 Å². The van der Waals surface area contributed by atoms with Crippen molar-refractivity contribution in [3.05, 3.63) is 0 Å². The molecule has 3 nitrogen and oxygen atoms in total. The minimum atomic E-state index is -0.125. The summed E-state index contributed by atoms with van der Waals surface area (Å²) in [5.74, 6) is 3.43. The van der Waals surface area contributed by atoms with Crippen molar-refractivity contribution < 1.29 is 14.3 Å². The van der Waals surface area contributed by atoms with E-state index in [1.54, 1.807) is 0 Å². The number of Topliss-reactive ketones (excluding diaryl/α,β-unsaturated/α-hetero) is 1. The van der Waals surface area contributed by atoms with Gasteiger partial charge in [0.2, 0.25) is 0 Å². The second-order valence-corrected chi connectivity index (χ2v) is 10.0. The lowest BCUT2D eigenvalue weighted by Crippen LogP contribution is -2.61. The Morgan fingerprint density at radius 3 is 2.46 bits per heavy atom. The molecule has 5 aliphatic rings. The van der Waals surface area contributed by atoms with E-state index in [4.69, 9.17) is 4.74 Å². The van der Waals surface area contributed by atoms with Gasteiger partial charge in [0.15, 0.2) is 0 Å². The molecule has 1 unspecified atom stereocenters. The first-order valence-corrected chi connectivity index (χ1v) is 10.1. The van der Waals surface area contributed by atoms with Crippen LogP contribution in [0.25, 0.3) is 0 Å². The highest BCUT2D eigenvalue weighted by molar-refractivity contribution is 5.79. The molecule has 5 fully saturated rings. The summed E-state index contributed by atoms with van der Waals surface area (Å²) < 4.78 is 5.80. The van der Waals surface area contributed by atoms with Crippen LogP contribution in [0, 0.1) is 34.5 Å². The summed E-state index contributed by atoms with van der Waals surface area (Å²) in [6, 6.07) is 0. The topological polar surface area (TPSA) is 43.4 Å². The quantitative estimate of drug-likeness (QED) is 0.623. The highest BCUT2D eigenvalue weighted by Gasteiger charge is 2.69. The van der Waals surface area contributed by atoms with E-state index in [1.807, 2.05) is 0 Å². The molecule has 132 valence electrons. The maximum absolute atomic E-state index is 12.0. The molecule has 24 heavy (non-hydrogen) atoms. The smallest absolute Gasteiger partial charge is 0.310 e. The normalized spacial score (nSPS) is 56.1. The van der Waals surface area contributed by atoms with E-state index in [2.05, 4.69) is 13.8 Å². The molecule has 0 amide bonds. The highest BCUT2D eigenvalue weighted by Crippen LogP contribution is 2.70. The van der Waals surface area contributed by atoms with Crippen LogP contribution in [0.2, 0.25) is 0 Å². The molecule has 1 spiro atoms. The van der Waals surface area contributed by atoms with Crippen LogP contribution in [-0.4, -0.2) is 17.4 Å². The maximum Gasteiger partial charge on any atom is 0.310 e. The summed E-state index contributed by atoms with van der Waals surface area (Å²) in [6.45, 7) is 4.92. The minimum Gasteiger partial charge on any atom is -0.458 e. The third-order valence-corrected chi connectivity index (χ3v) is 9.51. The van der Waals surface area contributed by atoms with Crippen LogP contribution in [0.1, 0.15) is 78.1 Å². The molecule has 0 N–H and O–H groups in total. The van der Waals surface area contributed by atoms with Gasteiger partial charge in [-0.1, -0.05) is 13.8 Å². The average Bonchev–Trinajstić information content (AvgIpc) is 2.82. The van der Waals surface area contributed by atoms with Crippen LogP contribution >= 0.6 is 0 Å². The number of ether oxygens (including phenoxy) is 1. The molecule has 0 aromatic heterocycles. The van der Waals surface area contributed by atoms with Gasteiger partial charge in [-0.25, -0.2) is 0 Å². The summed E-state index contributed by atoms with van der Waals surface area (Å²) in [4.78, 5) is 23.5. The molecule has 5 rings (SSSR count). The lowest BCUT2D eigenvalue weighted by Gasteiger charge is -2.62. The largest absolute Gasteiger partial charge is 0.458 e. The molecule has 4 aliphatic carbocycles. The average molecular weight is 330 g/mol. The van der Waals surface area contributed by atoms with Crippen molar-refractivity contribution in [2.45, 2.75) is 83.7 Å². The number of carbonyl (C=O) groups excluding carboxylic acids is 2. The molecule has 0 aromatic carbocycles. The second kappa shape index (κ2) is 4.65. The lowest BCUT2D eigenvalue weighted by molar-refractivity contribution is -0.227. The second-order valence-electron chi connectivity index (χ2n) is 10.0. The zero-order valence-corrected chi connectivity index (χ0v) is 15.1. The molecule has 1 saturated heterocycles. The Labute approximate surface area is 144 Å². The minimum absolute atomic E-state index is 0.0143. The molecular formula is C21H30O3. The van der Waals surface area contributed by atoms with E-state index in [-0.39, 0.29) is 17.0 Å². The van der Waals surface area contributed by atoms with E-state index in [9.17, 15) is 9.59 Å². The van der Waals surface area contributed by atoms with Gasteiger partial charge in [0.1, 0.15) is 11.4 Å². The van der Waals surface area contributed by atoms with E-state index < -0.39 is 0 Å². The summed E-state index contributed by atoms with van der Waals surface area (Å²) in [5, 5.41) is 0. The monoisotopic (exact) mass is 330 g/mol. The molecule has 1 heterocycles. The Morgan fingerprint density at radius 1 is 0.958 bits per heavy atom. The first-order chi connectivity index (χ1) is 11.4. The standard InChI is InChI=1S/C21H30O3/c1-19-8-5-14(22)11-13(19)3-4-15-16(19)6-9-20(2)17(15)7-10-21(20)12-18(23)24-21/h13,15-17H,3-12H2,1-2H3/t13?,15-,16+,17+,19+,20+,21+/m1/s1. The zero-order valence-electron chi connectivity index (χ0n) is 15.1. The van der Waals surface area contributed by atoms with Crippen LogP contribution in [0.15, 0.2) is 0 Å². The number of esters is 1. The summed E-state index contributed by atoms with van der Waals surface area (Å²) in [7, 11) is 0. The third-order valence-electron chi connectivity index (χ3n) is 9.51. The van der Waals surface area contributed by atoms with Gasteiger partial charge in [0, 0.05) is 18.3 Å². The fourth-order valence-corrected chi connectivity index (χ4v) is 8.04. The van der Waals surface area contributed by atoms with Gasteiger partial charge in [0.25, 0.3) is 0 Å². The van der Waals surface area contributed by atoms with Crippen molar-refractivity contribution >= 4 is 11.8 Å². The van der Waals surface area contributed by atoms with Gasteiger partial charge in [-0.05, 0) is 74.0 Å². The Hall–Kier alpha value is -0.860. The van der Waals surface area contributed by atoms with Crippen molar-refractivity contribution in [2.24, 2.45) is 34.5 Å². The van der Waals surface area contributed by atoms with E-state index >= 15 is 0 Å². The number of carbonyl (C=O) groups is 2. The molecule has 3 heteroatoms. The van der Waals surface area contributed by atoms with Crippen LogP contribution in [-0.2, 0) is 14.3 Å². The van der Waals surface area contributed by atoms with Crippen LogP contribution in [0.4, 0.5) is 0 Å². The van der Waals surface area contributed by atoms with Gasteiger partial charge in [-0.2, -0.15) is 0 Å². The van der Waals surface area contributed by atoms with E-state index in [1.165, 1.54) is 32.1 Å². The summed E-state index contributed by atoms with van der Waals surface area (Å²) in [6.07, 6.45) is 10.8. The van der Waals surface area contributed by atoms with Gasteiger partial charge in [-0.3, -0.25) is 9.59 Å². The van der Waals surface area contributed by atoms with Crippen molar-refractivity contribution in [3.63, 3.8) is 0 Å². The third kappa shape index (κ3) is 1.69. The van der Waals surface area contributed by atoms with Gasteiger partial charge in [-0.15, -0.1) is 0 Å². The number of ketones is 1. The number of rotatable bonds is 0. The summed E-state index contributed by atoms with van der Waals surface area (Å²) in [5.41, 5.74) is 0.458. The number of fused-ring (bicyclic) bond motifs is 6. The Kier molecular flexibility index (Phi) is 2.98. The van der Waals surface area contributed by atoms with Gasteiger partial charge in [0.05, 0.1) is 6.42 Å². The summed E-state index contributed by atoms with van der Waals surface area (Å²) >= 11 is 0. The molecule has 0 aromatic rings. The number of hydrogen-bond donors (Lipinski definition) is 0. The predicted molar refractivity (Wildman–Crippen MR) is 90.2 cm³/mol. The highest BCUT2D eigenvalue weighted by atomic mass is 16.6. The van der Waals surface area contributed by atoms with Crippen LogP contribution in [0.3, 0.4) is 0 Å². The zero-order chi connectivity index (χ0) is 16.7. The SMILES string of the molecule is C[C@]12CCC(=O)CC1CC[C@@H]1[C@@H]2CC[C@@]2(C)[C@H]1CC[C@]21CC(=O)O1. The van der Waals surface area contributed by atoms with E-state index in [0.29, 0.717) is 23.5 Å². The fourth-order valence-electron chi connectivity index (χ4n) is 8.04. The van der Waals surface area contributed by atoms with E-state index in [0.717, 1.165) is 43.4 Å². The van der Waals surface area contributed by atoms with Gasteiger partial charge < -0.3 is 4.74 Å². The van der Waals surface area contributed by atoms with Crippen molar-refractivity contribution in [2.75, 3.05) is 0 Å². The molecular weight excluding hydrogens is 300 g/mol.